The van der Waals surface area contributed by atoms with Crippen molar-refractivity contribution in [2.45, 2.75) is 224 Å². The molecule has 0 saturated heterocycles. The molecule has 8 atom stereocenters. The molecule has 0 aromatic carbocycles. The molecule has 0 radical (unpaired) electrons. The lowest BCUT2D eigenvalue weighted by Gasteiger charge is -2.41. The monoisotopic (exact) mass is 887 g/mol. The van der Waals surface area contributed by atoms with Crippen molar-refractivity contribution in [1.82, 2.24) is 0 Å². The summed E-state index contributed by atoms with van der Waals surface area (Å²) in [5, 5.41) is 50.1. The van der Waals surface area contributed by atoms with Crippen molar-refractivity contribution in [3.63, 3.8) is 0 Å². The summed E-state index contributed by atoms with van der Waals surface area (Å²) in [4.78, 5) is 35.7. The van der Waals surface area contributed by atoms with Gasteiger partial charge in [0.2, 0.25) is 0 Å². The molecule has 1 aliphatic carbocycles. The lowest BCUT2D eigenvalue weighted by atomic mass is 9.85. The number of aliphatic hydroxyl groups is 5. The fourth-order valence-electron chi connectivity index (χ4n) is 6.82. The summed E-state index contributed by atoms with van der Waals surface area (Å²) < 4.78 is 33.5. The Morgan fingerprint density at radius 1 is 0.508 bits per heavy atom. The predicted octanol–water partition coefficient (Wildman–Crippen LogP) is 9.17. The van der Waals surface area contributed by atoms with Crippen molar-refractivity contribution in [3.05, 3.63) is 48.6 Å². The van der Waals surface area contributed by atoms with Gasteiger partial charge in [0.25, 0.3) is 0 Å². The SMILES string of the molecule is CCCCCC=CCC=CCCCCCCCCCC(=O)OC[C@H](COP(=O)(O)OC1C(O)C(O)C(O)[C@@H](O)C1O)OC(=O)CCCCCCCC=CCC=CCCCCC. The van der Waals surface area contributed by atoms with Gasteiger partial charge in [0, 0.05) is 12.8 Å². The summed E-state index contributed by atoms with van der Waals surface area (Å²) in [6.07, 6.45) is 30.1. The van der Waals surface area contributed by atoms with E-state index in [4.69, 9.17) is 18.5 Å². The zero-order valence-electron chi connectivity index (χ0n) is 37.4. The molecular formula is C47H83O13P. The average Bonchev–Trinajstić information content (AvgIpc) is 3.24. The van der Waals surface area contributed by atoms with Crippen LogP contribution in [0.5, 0.6) is 0 Å². The second-order valence-corrected chi connectivity index (χ2v) is 17.7. The summed E-state index contributed by atoms with van der Waals surface area (Å²) in [5.74, 6) is -1.13. The fourth-order valence-corrected chi connectivity index (χ4v) is 7.79. The molecule has 0 aromatic rings. The van der Waals surface area contributed by atoms with Crippen molar-refractivity contribution in [1.29, 1.82) is 0 Å². The Morgan fingerprint density at radius 3 is 1.33 bits per heavy atom. The topological polar surface area (TPSA) is 210 Å². The second kappa shape index (κ2) is 37.2. The molecule has 0 aliphatic heterocycles. The molecule has 1 fully saturated rings. The van der Waals surface area contributed by atoms with Crippen LogP contribution in [0.15, 0.2) is 48.6 Å². The number of aliphatic hydroxyl groups excluding tert-OH is 5. The number of hydrogen-bond donors (Lipinski definition) is 6. The van der Waals surface area contributed by atoms with Crippen molar-refractivity contribution < 1.29 is 63.1 Å². The third-order valence-electron chi connectivity index (χ3n) is 10.6. The first kappa shape index (κ1) is 56.8. The highest BCUT2D eigenvalue weighted by Crippen LogP contribution is 2.47. The molecule has 0 heterocycles. The van der Waals surface area contributed by atoms with Crippen LogP contribution >= 0.6 is 7.82 Å². The lowest BCUT2D eigenvalue weighted by Crippen LogP contribution is -2.64. The standard InChI is InChI=1S/C47H83O13P/c1-3-5-7-9-11-13-15-17-19-20-22-23-25-27-29-31-33-35-40(48)57-37-39(38-58-61(55,56)60-47-45(53)43(51)42(50)44(52)46(47)54)59-41(49)36-34-32-30-28-26-24-21-18-16-14-12-10-8-6-4-2/h11-14,17-19,21,39,42-47,50-54H,3-10,15-16,20,22-38H2,1-2H3,(H,55,56)/t39-,42?,43-,44?,45?,46?,47?/m1/s1. The number of ether oxygens (including phenoxy) is 2. The van der Waals surface area contributed by atoms with Gasteiger partial charge in [0.1, 0.15) is 43.2 Å². The van der Waals surface area contributed by atoms with Crippen LogP contribution in [0.25, 0.3) is 0 Å². The van der Waals surface area contributed by atoms with E-state index in [9.17, 15) is 44.6 Å². The van der Waals surface area contributed by atoms with Gasteiger partial charge in [-0.3, -0.25) is 18.6 Å². The van der Waals surface area contributed by atoms with Crippen molar-refractivity contribution in [2.75, 3.05) is 13.2 Å². The van der Waals surface area contributed by atoms with Crippen LogP contribution in [-0.4, -0.2) is 98.3 Å². The van der Waals surface area contributed by atoms with Crippen molar-refractivity contribution in [2.24, 2.45) is 0 Å². The van der Waals surface area contributed by atoms with Gasteiger partial charge >= 0.3 is 19.8 Å². The Labute approximate surface area is 367 Å². The number of carbonyl (C=O) groups excluding carboxylic acids is 2. The molecule has 1 saturated carbocycles. The summed E-state index contributed by atoms with van der Waals surface area (Å²) >= 11 is 0. The van der Waals surface area contributed by atoms with Crippen LogP contribution in [0.2, 0.25) is 0 Å². The van der Waals surface area contributed by atoms with E-state index in [-0.39, 0.29) is 12.8 Å². The molecule has 0 amide bonds. The largest absolute Gasteiger partial charge is 0.472 e. The van der Waals surface area contributed by atoms with Crippen LogP contribution < -0.4 is 0 Å². The van der Waals surface area contributed by atoms with Gasteiger partial charge in [-0.2, -0.15) is 0 Å². The average molecular weight is 887 g/mol. The Bertz CT molecular complexity index is 1250. The van der Waals surface area contributed by atoms with Crippen LogP contribution in [0.4, 0.5) is 0 Å². The Hall–Kier alpha value is -2.19. The quantitative estimate of drug-likeness (QED) is 0.0148. The Kier molecular flexibility index (Phi) is 34.7. The fraction of sp³-hybridized carbons (Fsp3) is 0.787. The van der Waals surface area contributed by atoms with Crippen LogP contribution in [0, 0.1) is 0 Å². The molecule has 0 spiro atoms. The van der Waals surface area contributed by atoms with Gasteiger partial charge in [-0.1, -0.05) is 140 Å². The molecule has 6 unspecified atom stereocenters. The first-order valence-electron chi connectivity index (χ1n) is 23.4. The smallest absolute Gasteiger partial charge is 0.462 e. The van der Waals surface area contributed by atoms with E-state index in [0.717, 1.165) is 103 Å². The summed E-state index contributed by atoms with van der Waals surface area (Å²) in [7, 11) is -5.12. The zero-order chi connectivity index (χ0) is 45.0. The van der Waals surface area contributed by atoms with E-state index in [1.165, 1.54) is 38.5 Å². The van der Waals surface area contributed by atoms with Gasteiger partial charge in [-0.25, -0.2) is 4.57 Å². The highest BCUT2D eigenvalue weighted by atomic mass is 31.2. The highest BCUT2D eigenvalue weighted by Gasteiger charge is 2.51. The molecular weight excluding hydrogens is 803 g/mol. The zero-order valence-corrected chi connectivity index (χ0v) is 38.3. The number of rotatable bonds is 38. The Balaban J connectivity index is 2.47. The van der Waals surface area contributed by atoms with E-state index in [2.05, 4.69) is 62.5 Å². The third kappa shape index (κ3) is 29.7. The number of allylic oxidation sites excluding steroid dienone is 8. The van der Waals surface area contributed by atoms with Crippen LogP contribution in [0.1, 0.15) is 181 Å². The Morgan fingerprint density at radius 2 is 0.885 bits per heavy atom. The van der Waals surface area contributed by atoms with Crippen molar-refractivity contribution >= 4 is 19.8 Å². The summed E-state index contributed by atoms with van der Waals surface area (Å²) in [5.41, 5.74) is 0. The van der Waals surface area contributed by atoms with Gasteiger partial charge in [-0.15, -0.1) is 0 Å². The first-order chi connectivity index (χ1) is 29.4. The number of carbonyl (C=O) groups is 2. The van der Waals surface area contributed by atoms with Gasteiger partial charge in [0.15, 0.2) is 6.10 Å². The molecule has 6 N–H and O–H groups in total. The van der Waals surface area contributed by atoms with Crippen LogP contribution in [0.3, 0.4) is 0 Å². The molecule has 13 nitrogen and oxygen atoms in total. The minimum Gasteiger partial charge on any atom is -0.462 e. The van der Waals surface area contributed by atoms with Gasteiger partial charge in [-0.05, 0) is 77.0 Å². The predicted molar refractivity (Wildman–Crippen MR) is 239 cm³/mol. The number of phosphoric acid groups is 1. The number of phosphoric ester groups is 1. The summed E-state index contributed by atoms with van der Waals surface area (Å²) in [6, 6.07) is 0. The number of hydrogen-bond acceptors (Lipinski definition) is 12. The minimum absolute atomic E-state index is 0.0777. The van der Waals surface area contributed by atoms with Crippen LogP contribution in [-0.2, 0) is 32.7 Å². The molecule has 1 rings (SSSR count). The summed E-state index contributed by atoms with van der Waals surface area (Å²) in [6.45, 7) is 3.23. The second-order valence-electron chi connectivity index (χ2n) is 16.3. The van der Waals surface area contributed by atoms with E-state index in [0.29, 0.717) is 12.8 Å². The molecule has 0 aromatic heterocycles. The highest BCUT2D eigenvalue weighted by molar-refractivity contribution is 7.47. The molecule has 14 heteroatoms. The van der Waals surface area contributed by atoms with E-state index in [1.54, 1.807) is 0 Å². The maximum Gasteiger partial charge on any atom is 0.472 e. The normalized spacial score (nSPS) is 22.4. The maximum absolute atomic E-state index is 12.8. The lowest BCUT2D eigenvalue weighted by molar-refractivity contribution is -0.220. The number of unbranched alkanes of at least 4 members (excludes halogenated alkanes) is 18. The molecule has 354 valence electrons. The third-order valence-corrected chi connectivity index (χ3v) is 11.6. The van der Waals surface area contributed by atoms with Gasteiger partial charge in [0.05, 0.1) is 6.61 Å². The molecule has 0 bridgehead atoms. The first-order valence-corrected chi connectivity index (χ1v) is 24.9. The maximum atomic E-state index is 12.8. The van der Waals surface area contributed by atoms with E-state index < -0.39 is 75.7 Å². The minimum atomic E-state index is -5.12. The van der Waals surface area contributed by atoms with Crippen molar-refractivity contribution in [3.8, 4) is 0 Å². The van der Waals surface area contributed by atoms with Gasteiger partial charge < -0.3 is 39.9 Å². The molecule has 1 aliphatic rings. The van der Waals surface area contributed by atoms with E-state index in [1.807, 2.05) is 0 Å². The van der Waals surface area contributed by atoms with E-state index >= 15 is 0 Å². The molecule has 61 heavy (non-hydrogen) atoms. The number of esters is 2.